The van der Waals surface area contributed by atoms with Crippen LogP contribution in [-0.2, 0) is 11.8 Å². The lowest BCUT2D eigenvalue weighted by atomic mass is 9.82. The Morgan fingerprint density at radius 2 is 1.02 bits per heavy atom. The van der Waals surface area contributed by atoms with Crippen LogP contribution < -0.4 is 0 Å². The summed E-state index contributed by atoms with van der Waals surface area (Å²) in [4.78, 5) is 0. The molecule has 1 heterocycles. The molecular formula is C40H30O. The molecule has 6 aromatic carbocycles. The summed E-state index contributed by atoms with van der Waals surface area (Å²) < 4.78 is 6.10. The molecule has 1 aliphatic rings. The molecule has 0 spiro atoms. The molecule has 0 saturated carbocycles. The number of furan rings is 1. The van der Waals surface area contributed by atoms with Gasteiger partial charge in [-0.05, 0) is 86.3 Å². The van der Waals surface area contributed by atoms with E-state index in [2.05, 4.69) is 135 Å². The van der Waals surface area contributed by atoms with Crippen LogP contribution >= 0.6 is 0 Å². The second-order valence-corrected chi connectivity index (χ2v) is 11.7. The van der Waals surface area contributed by atoms with Crippen molar-refractivity contribution in [2.24, 2.45) is 0 Å². The minimum Gasteiger partial charge on any atom is -0.456 e. The fraction of sp³-hybridized carbons (Fsp3) is 0.100. The average molecular weight is 527 g/mol. The molecule has 1 aliphatic carbocycles. The first-order valence-corrected chi connectivity index (χ1v) is 14.4. The minimum atomic E-state index is 0.0182. The van der Waals surface area contributed by atoms with Crippen molar-refractivity contribution >= 4 is 21.9 Å². The second kappa shape index (κ2) is 9.08. The second-order valence-electron chi connectivity index (χ2n) is 11.7. The van der Waals surface area contributed by atoms with Crippen LogP contribution in [0.3, 0.4) is 0 Å². The topological polar surface area (TPSA) is 13.1 Å². The minimum absolute atomic E-state index is 0.0182. The van der Waals surface area contributed by atoms with Crippen LogP contribution in [0.25, 0.3) is 55.3 Å². The van der Waals surface area contributed by atoms with Crippen LogP contribution in [0.4, 0.5) is 0 Å². The summed E-state index contributed by atoms with van der Waals surface area (Å²) in [5, 5.41) is 2.32. The third-order valence-corrected chi connectivity index (χ3v) is 9.00. The third-order valence-electron chi connectivity index (χ3n) is 9.00. The van der Waals surface area contributed by atoms with Crippen molar-refractivity contribution in [1.29, 1.82) is 0 Å². The van der Waals surface area contributed by atoms with Gasteiger partial charge in [0.2, 0.25) is 0 Å². The van der Waals surface area contributed by atoms with Gasteiger partial charge in [0.1, 0.15) is 11.2 Å². The molecule has 1 nitrogen and oxygen atoms in total. The van der Waals surface area contributed by atoms with Gasteiger partial charge < -0.3 is 4.42 Å². The maximum Gasteiger partial charge on any atom is 0.135 e. The Labute approximate surface area is 240 Å². The Kier molecular flexibility index (Phi) is 5.30. The lowest BCUT2D eigenvalue weighted by molar-refractivity contribution is 0.660. The molecule has 7 aromatic rings. The summed E-state index contributed by atoms with van der Waals surface area (Å²) in [5.74, 6) is 0. The quantitative estimate of drug-likeness (QED) is 0.222. The van der Waals surface area contributed by atoms with Gasteiger partial charge in [0.25, 0.3) is 0 Å². The summed E-state index contributed by atoms with van der Waals surface area (Å²) in [6.07, 6.45) is 0.857. The summed E-state index contributed by atoms with van der Waals surface area (Å²) in [6, 6.07) is 48.5. The fourth-order valence-corrected chi connectivity index (χ4v) is 6.90. The predicted octanol–water partition coefficient (Wildman–Crippen LogP) is 10.8. The van der Waals surface area contributed by atoms with Crippen molar-refractivity contribution in [2.75, 3.05) is 0 Å². The highest BCUT2D eigenvalue weighted by Crippen LogP contribution is 2.49. The summed E-state index contributed by atoms with van der Waals surface area (Å²) in [6.45, 7) is 4.68. The molecule has 0 fully saturated rings. The molecule has 0 N–H and O–H groups in total. The Morgan fingerprint density at radius 3 is 1.80 bits per heavy atom. The van der Waals surface area contributed by atoms with E-state index >= 15 is 0 Å². The molecule has 0 amide bonds. The van der Waals surface area contributed by atoms with E-state index in [1.54, 1.807) is 0 Å². The zero-order valence-electron chi connectivity index (χ0n) is 23.3. The molecule has 0 unspecified atom stereocenters. The van der Waals surface area contributed by atoms with E-state index in [1.807, 2.05) is 12.1 Å². The van der Waals surface area contributed by atoms with E-state index in [1.165, 1.54) is 55.6 Å². The monoisotopic (exact) mass is 526 g/mol. The van der Waals surface area contributed by atoms with Gasteiger partial charge in [-0.1, -0.05) is 123 Å². The van der Waals surface area contributed by atoms with Crippen LogP contribution in [-0.4, -0.2) is 0 Å². The highest BCUT2D eigenvalue weighted by molar-refractivity contribution is 6.06. The first-order valence-electron chi connectivity index (χ1n) is 14.4. The molecule has 0 bridgehead atoms. The maximum absolute atomic E-state index is 6.10. The van der Waals surface area contributed by atoms with Crippen molar-refractivity contribution in [1.82, 2.24) is 0 Å². The van der Waals surface area contributed by atoms with Gasteiger partial charge in [0.15, 0.2) is 0 Å². The SMILES string of the molecule is CC1(C)c2ccccc2-c2cc(-c3ccccc3Cc3ccccc3-c3ccc4oc5ccccc5c4c3)ccc21. The largest absolute Gasteiger partial charge is 0.456 e. The van der Waals surface area contributed by atoms with Gasteiger partial charge in [-0.25, -0.2) is 0 Å². The van der Waals surface area contributed by atoms with E-state index in [0.717, 1.165) is 28.4 Å². The summed E-state index contributed by atoms with van der Waals surface area (Å²) in [7, 11) is 0. The van der Waals surface area contributed by atoms with Gasteiger partial charge in [-0.2, -0.15) is 0 Å². The van der Waals surface area contributed by atoms with Crippen molar-refractivity contribution < 1.29 is 4.42 Å². The molecule has 8 rings (SSSR count). The molecule has 0 saturated heterocycles. The Bertz CT molecular complexity index is 2110. The van der Waals surface area contributed by atoms with Gasteiger partial charge in [-0.15, -0.1) is 0 Å². The van der Waals surface area contributed by atoms with E-state index in [-0.39, 0.29) is 5.41 Å². The van der Waals surface area contributed by atoms with E-state index in [0.29, 0.717) is 0 Å². The van der Waals surface area contributed by atoms with Crippen molar-refractivity contribution in [3.63, 3.8) is 0 Å². The molecule has 0 aliphatic heterocycles. The van der Waals surface area contributed by atoms with Gasteiger partial charge in [0, 0.05) is 16.2 Å². The van der Waals surface area contributed by atoms with Crippen molar-refractivity contribution in [2.45, 2.75) is 25.7 Å². The fourth-order valence-electron chi connectivity index (χ4n) is 6.90. The normalized spacial score (nSPS) is 13.4. The smallest absolute Gasteiger partial charge is 0.135 e. The zero-order chi connectivity index (χ0) is 27.6. The first-order chi connectivity index (χ1) is 20.1. The van der Waals surface area contributed by atoms with E-state index in [9.17, 15) is 0 Å². The van der Waals surface area contributed by atoms with Crippen molar-refractivity contribution in [3.8, 4) is 33.4 Å². The highest BCUT2D eigenvalue weighted by atomic mass is 16.3. The van der Waals surface area contributed by atoms with Crippen LogP contribution in [0.5, 0.6) is 0 Å². The van der Waals surface area contributed by atoms with E-state index in [4.69, 9.17) is 4.42 Å². The number of rotatable bonds is 4. The highest BCUT2D eigenvalue weighted by Gasteiger charge is 2.35. The van der Waals surface area contributed by atoms with Gasteiger partial charge >= 0.3 is 0 Å². The van der Waals surface area contributed by atoms with Crippen LogP contribution in [0.2, 0.25) is 0 Å². The number of fused-ring (bicyclic) bond motifs is 6. The molecular weight excluding hydrogens is 496 g/mol. The predicted molar refractivity (Wildman–Crippen MR) is 171 cm³/mol. The van der Waals surface area contributed by atoms with Gasteiger partial charge in [-0.3, -0.25) is 0 Å². The number of hydrogen-bond acceptors (Lipinski definition) is 1. The van der Waals surface area contributed by atoms with Crippen LogP contribution in [0.15, 0.2) is 138 Å². The number of hydrogen-bond donors (Lipinski definition) is 0. The molecule has 1 aromatic heterocycles. The maximum atomic E-state index is 6.10. The lowest BCUT2D eigenvalue weighted by Crippen LogP contribution is -2.14. The molecule has 1 heteroatoms. The first kappa shape index (κ1) is 24.0. The van der Waals surface area contributed by atoms with Crippen LogP contribution in [0.1, 0.15) is 36.1 Å². The Morgan fingerprint density at radius 1 is 0.463 bits per heavy atom. The number of para-hydroxylation sites is 1. The standard InChI is InChI=1S/C40H30O/c1-40(2)36-17-9-7-15-32(36)34-24-28(19-21-37(34)40)30-13-5-3-11-26(30)23-27-12-4-6-14-31(27)29-20-22-39-35(25-29)33-16-8-10-18-38(33)41-39/h3-22,24-25H,23H2,1-2H3. The van der Waals surface area contributed by atoms with Crippen molar-refractivity contribution in [3.05, 3.63) is 156 Å². The lowest BCUT2D eigenvalue weighted by Gasteiger charge is -2.21. The molecule has 0 atom stereocenters. The summed E-state index contributed by atoms with van der Waals surface area (Å²) in [5.41, 5.74) is 15.1. The molecule has 41 heavy (non-hydrogen) atoms. The Balaban J connectivity index is 1.21. The summed E-state index contributed by atoms with van der Waals surface area (Å²) >= 11 is 0. The van der Waals surface area contributed by atoms with Crippen LogP contribution in [0, 0.1) is 0 Å². The third kappa shape index (κ3) is 3.77. The van der Waals surface area contributed by atoms with E-state index < -0.39 is 0 Å². The molecule has 0 radical (unpaired) electrons. The van der Waals surface area contributed by atoms with Gasteiger partial charge in [0.05, 0.1) is 0 Å². The Hall–Kier alpha value is -4.88. The zero-order valence-corrected chi connectivity index (χ0v) is 23.3. The molecule has 196 valence electrons. The number of benzene rings is 6. The average Bonchev–Trinajstić information content (AvgIpc) is 3.49.